The third-order valence-corrected chi connectivity index (χ3v) is 6.18. The smallest absolute Gasteiger partial charge is 0.313 e. The molecule has 0 radical (unpaired) electrons. The van der Waals surface area contributed by atoms with E-state index in [0.29, 0.717) is 44.0 Å². The van der Waals surface area contributed by atoms with Gasteiger partial charge in [0.05, 0.1) is 19.6 Å². The highest BCUT2D eigenvalue weighted by molar-refractivity contribution is 6.39. The van der Waals surface area contributed by atoms with Gasteiger partial charge in [0.15, 0.2) is 0 Å². The molecule has 0 atom stereocenters. The predicted octanol–water partition coefficient (Wildman–Crippen LogP) is 1.58. The summed E-state index contributed by atoms with van der Waals surface area (Å²) < 4.78 is 5.27. The highest BCUT2D eigenvalue weighted by Gasteiger charge is 2.19. The van der Waals surface area contributed by atoms with Gasteiger partial charge in [0.2, 0.25) is 5.91 Å². The van der Waals surface area contributed by atoms with Gasteiger partial charge in [-0.15, -0.1) is 0 Å². The Labute approximate surface area is 204 Å². The van der Waals surface area contributed by atoms with Crippen LogP contribution in [0.15, 0.2) is 48.5 Å². The number of nitrogens with zero attached hydrogens (tertiary/aromatic N) is 2. The van der Waals surface area contributed by atoms with Crippen molar-refractivity contribution in [1.29, 1.82) is 0 Å². The standard InChI is InChI=1S/C26H30N4O5/c31-23(29-11-1-2-12-29)17-19-5-9-22(10-6-19)28-25(33)24(32)27-18-20-3-7-21(8-4-20)26(34)30-13-15-35-16-14-30/h3-10H,1-2,11-18H2,(H,27,32)(H,28,33). The Morgan fingerprint density at radius 1 is 0.743 bits per heavy atom. The summed E-state index contributed by atoms with van der Waals surface area (Å²) in [7, 11) is 0. The fourth-order valence-electron chi connectivity index (χ4n) is 4.12. The summed E-state index contributed by atoms with van der Waals surface area (Å²) in [5.74, 6) is -1.47. The lowest BCUT2D eigenvalue weighted by Gasteiger charge is -2.26. The molecule has 0 unspecified atom stereocenters. The van der Waals surface area contributed by atoms with Gasteiger partial charge in [-0.25, -0.2) is 0 Å². The molecule has 2 fully saturated rings. The maximum Gasteiger partial charge on any atom is 0.313 e. The molecule has 2 heterocycles. The van der Waals surface area contributed by atoms with Gasteiger partial charge < -0.3 is 25.2 Å². The topological polar surface area (TPSA) is 108 Å². The van der Waals surface area contributed by atoms with Crippen molar-refractivity contribution in [3.05, 3.63) is 65.2 Å². The minimum atomic E-state index is -0.773. The number of hydrogen-bond acceptors (Lipinski definition) is 5. The van der Waals surface area contributed by atoms with Crippen LogP contribution in [-0.4, -0.2) is 72.8 Å². The molecule has 4 amide bonds. The molecular formula is C26H30N4O5. The number of amides is 4. The van der Waals surface area contributed by atoms with Gasteiger partial charge in [-0.3, -0.25) is 19.2 Å². The summed E-state index contributed by atoms with van der Waals surface area (Å²) in [4.78, 5) is 52.8. The number of morpholine rings is 1. The zero-order chi connectivity index (χ0) is 24.6. The summed E-state index contributed by atoms with van der Waals surface area (Å²) in [5, 5.41) is 5.15. The van der Waals surface area contributed by atoms with Crippen LogP contribution in [0.25, 0.3) is 0 Å². The van der Waals surface area contributed by atoms with Crippen LogP contribution < -0.4 is 10.6 Å². The minimum Gasteiger partial charge on any atom is -0.378 e. The third-order valence-electron chi connectivity index (χ3n) is 6.18. The first-order valence-electron chi connectivity index (χ1n) is 11.9. The molecule has 2 aromatic carbocycles. The van der Waals surface area contributed by atoms with E-state index in [4.69, 9.17) is 4.74 Å². The van der Waals surface area contributed by atoms with E-state index in [2.05, 4.69) is 10.6 Å². The fraction of sp³-hybridized carbons (Fsp3) is 0.385. The van der Waals surface area contributed by atoms with E-state index in [1.807, 2.05) is 4.90 Å². The Bertz CT molecular complexity index is 1060. The average molecular weight is 479 g/mol. The molecule has 0 aliphatic carbocycles. The number of rotatable bonds is 6. The molecule has 0 bridgehead atoms. The van der Waals surface area contributed by atoms with Gasteiger partial charge in [-0.05, 0) is 48.2 Å². The largest absolute Gasteiger partial charge is 0.378 e. The normalized spacial score (nSPS) is 15.5. The molecule has 184 valence electrons. The molecular weight excluding hydrogens is 448 g/mol. The zero-order valence-corrected chi connectivity index (χ0v) is 19.6. The van der Waals surface area contributed by atoms with Crippen LogP contribution >= 0.6 is 0 Å². The molecule has 0 saturated carbocycles. The van der Waals surface area contributed by atoms with Crippen molar-refractivity contribution in [3.63, 3.8) is 0 Å². The van der Waals surface area contributed by atoms with Crippen LogP contribution in [0, 0.1) is 0 Å². The number of anilines is 1. The number of ether oxygens (including phenoxy) is 1. The second kappa shape index (κ2) is 11.6. The number of likely N-dealkylation sites (tertiary alicyclic amines) is 1. The minimum absolute atomic E-state index is 0.0466. The number of carbonyl (C=O) groups excluding carboxylic acids is 4. The summed E-state index contributed by atoms with van der Waals surface area (Å²) in [6, 6.07) is 13.9. The van der Waals surface area contributed by atoms with Gasteiger partial charge >= 0.3 is 11.8 Å². The number of nitrogens with one attached hydrogen (secondary N) is 2. The van der Waals surface area contributed by atoms with Crippen LogP contribution in [0.3, 0.4) is 0 Å². The third kappa shape index (κ3) is 6.66. The lowest BCUT2D eigenvalue weighted by molar-refractivity contribution is -0.136. The summed E-state index contributed by atoms with van der Waals surface area (Å²) in [5.41, 5.74) is 2.69. The van der Waals surface area contributed by atoms with Gasteiger partial charge in [0.25, 0.3) is 5.91 Å². The Hall–Kier alpha value is -3.72. The molecule has 0 spiro atoms. The molecule has 35 heavy (non-hydrogen) atoms. The first kappa shape index (κ1) is 24.4. The maximum absolute atomic E-state index is 12.5. The highest BCUT2D eigenvalue weighted by atomic mass is 16.5. The van der Waals surface area contributed by atoms with E-state index < -0.39 is 11.8 Å². The maximum atomic E-state index is 12.5. The van der Waals surface area contributed by atoms with Gasteiger partial charge in [0.1, 0.15) is 0 Å². The molecule has 0 aromatic heterocycles. The van der Waals surface area contributed by atoms with Gasteiger partial charge in [0, 0.05) is 44.0 Å². The number of benzene rings is 2. The number of hydrogen-bond donors (Lipinski definition) is 2. The second-order valence-electron chi connectivity index (χ2n) is 8.70. The molecule has 2 aliphatic rings. The Kier molecular flexibility index (Phi) is 8.10. The monoisotopic (exact) mass is 478 g/mol. The fourth-order valence-corrected chi connectivity index (χ4v) is 4.12. The SMILES string of the molecule is O=C(NCc1ccc(C(=O)N2CCOCC2)cc1)C(=O)Nc1ccc(CC(=O)N2CCCC2)cc1. The van der Waals surface area contributed by atoms with Crippen LogP contribution in [0.5, 0.6) is 0 Å². The van der Waals surface area contributed by atoms with E-state index >= 15 is 0 Å². The van der Waals surface area contributed by atoms with Crippen LogP contribution in [0.1, 0.15) is 34.3 Å². The first-order valence-corrected chi connectivity index (χ1v) is 11.9. The van der Waals surface area contributed by atoms with E-state index in [9.17, 15) is 19.2 Å². The zero-order valence-electron chi connectivity index (χ0n) is 19.6. The van der Waals surface area contributed by atoms with E-state index in [0.717, 1.165) is 37.1 Å². The summed E-state index contributed by atoms with van der Waals surface area (Å²) >= 11 is 0. The van der Waals surface area contributed by atoms with Gasteiger partial charge in [-0.1, -0.05) is 24.3 Å². The average Bonchev–Trinajstić information content (AvgIpc) is 3.44. The molecule has 9 heteroatoms. The van der Waals surface area contributed by atoms with Gasteiger partial charge in [-0.2, -0.15) is 0 Å². The van der Waals surface area contributed by atoms with Crippen molar-refractivity contribution < 1.29 is 23.9 Å². The molecule has 9 nitrogen and oxygen atoms in total. The first-order chi connectivity index (χ1) is 17.0. The van der Waals surface area contributed by atoms with Crippen molar-refractivity contribution in [1.82, 2.24) is 15.1 Å². The van der Waals surface area contributed by atoms with Crippen molar-refractivity contribution >= 4 is 29.3 Å². The van der Waals surface area contributed by atoms with Crippen molar-refractivity contribution in [3.8, 4) is 0 Å². The van der Waals surface area contributed by atoms with Crippen molar-refractivity contribution in [2.75, 3.05) is 44.7 Å². The van der Waals surface area contributed by atoms with E-state index in [-0.39, 0.29) is 18.4 Å². The Morgan fingerprint density at radius 2 is 1.37 bits per heavy atom. The number of carbonyl (C=O) groups is 4. The second-order valence-corrected chi connectivity index (χ2v) is 8.70. The Balaban J connectivity index is 1.22. The van der Waals surface area contributed by atoms with Crippen LogP contribution in [0.4, 0.5) is 5.69 Å². The quantitative estimate of drug-likeness (QED) is 0.613. The summed E-state index contributed by atoms with van der Waals surface area (Å²) in [6.45, 7) is 4.03. The molecule has 2 aromatic rings. The summed E-state index contributed by atoms with van der Waals surface area (Å²) in [6.07, 6.45) is 2.43. The van der Waals surface area contributed by atoms with E-state index in [1.54, 1.807) is 53.4 Å². The lowest BCUT2D eigenvalue weighted by Crippen LogP contribution is -2.40. The molecule has 2 aliphatic heterocycles. The predicted molar refractivity (Wildman–Crippen MR) is 130 cm³/mol. The highest BCUT2D eigenvalue weighted by Crippen LogP contribution is 2.14. The molecule has 4 rings (SSSR count). The van der Waals surface area contributed by atoms with E-state index in [1.165, 1.54) is 0 Å². The van der Waals surface area contributed by atoms with Crippen LogP contribution in [0.2, 0.25) is 0 Å². The van der Waals surface area contributed by atoms with Crippen molar-refractivity contribution in [2.24, 2.45) is 0 Å². The Morgan fingerprint density at radius 3 is 2.03 bits per heavy atom. The molecule has 2 saturated heterocycles. The van der Waals surface area contributed by atoms with Crippen molar-refractivity contribution in [2.45, 2.75) is 25.8 Å². The van der Waals surface area contributed by atoms with Crippen LogP contribution in [-0.2, 0) is 32.1 Å². The lowest BCUT2D eigenvalue weighted by atomic mass is 10.1. The molecule has 2 N–H and O–H groups in total.